The lowest BCUT2D eigenvalue weighted by atomic mass is 10.0. The predicted octanol–water partition coefficient (Wildman–Crippen LogP) is 2.64. The summed E-state index contributed by atoms with van der Waals surface area (Å²) in [5.74, 6) is 0. The molecule has 0 amide bonds. The van der Waals surface area contributed by atoms with Gasteiger partial charge in [-0.25, -0.2) is 0 Å². The zero-order chi connectivity index (χ0) is 14.9. The van der Waals surface area contributed by atoms with E-state index in [2.05, 4.69) is 40.5 Å². The number of para-hydroxylation sites is 1. The highest BCUT2D eigenvalue weighted by Gasteiger charge is 2.20. The molecule has 0 radical (unpaired) electrons. The number of anilines is 1. The molecule has 1 N–H and O–H groups in total. The van der Waals surface area contributed by atoms with Gasteiger partial charge in [-0.15, -0.1) is 0 Å². The number of benzene rings is 1. The topological polar surface area (TPSA) is 33.7 Å². The predicted molar refractivity (Wildman–Crippen MR) is 86.7 cm³/mol. The summed E-state index contributed by atoms with van der Waals surface area (Å²) in [5, 5.41) is 3.59. The van der Waals surface area contributed by atoms with Crippen molar-refractivity contribution < 1.29 is 9.47 Å². The molecule has 1 saturated heterocycles. The molecule has 0 atom stereocenters. The largest absolute Gasteiger partial charge is 0.371 e. The lowest BCUT2D eigenvalue weighted by Crippen LogP contribution is -2.45. The molecule has 1 aromatic carbocycles. The third-order valence-corrected chi connectivity index (χ3v) is 3.89. The number of nitrogens with zero attached hydrogens (tertiary/aromatic N) is 1. The van der Waals surface area contributed by atoms with Crippen molar-refractivity contribution in [2.75, 3.05) is 37.7 Å². The molecule has 0 saturated carbocycles. The molecule has 0 bridgehead atoms. The van der Waals surface area contributed by atoms with E-state index in [0.717, 1.165) is 19.6 Å². The number of nitrogens with one attached hydrogen (secondary N) is 1. The summed E-state index contributed by atoms with van der Waals surface area (Å²) < 4.78 is 11.1. The van der Waals surface area contributed by atoms with Crippen molar-refractivity contribution in [1.29, 1.82) is 0 Å². The van der Waals surface area contributed by atoms with Crippen LogP contribution in [0, 0.1) is 0 Å². The van der Waals surface area contributed by atoms with Crippen LogP contribution in [-0.4, -0.2) is 45.2 Å². The maximum absolute atomic E-state index is 5.57. The molecule has 2 rings (SSSR count). The fourth-order valence-electron chi connectivity index (χ4n) is 2.78. The molecule has 1 heterocycles. The number of hydrogen-bond acceptors (Lipinski definition) is 4. The Kier molecular flexibility index (Phi) is 7.00. The molecule has 1 aliphatic rings. The van der Waals surface area contributed by atoms with Crippen molar-refractivity contribution in [3.8, 4) is 0 Å². The van der Waals surface area contributed by atoms with Gasteiger partial charge in [0.2, 0.25) is 0 Å². The summed E-state index contributed by atoms with van der Waals surface area (Å²) in [6.07, 6.45) is 2.21. The Morgan fingerprint density at radius 2 is 1.71 bits per heavy atom. The van der Waals surface area contributed by atoms with Gasteiger partial charge in [-0.05, 0) is 38.8 Å². The van der Waals surface area contributed by atoms with Crippen LogP contribution in [0.5, 0.6) is 0 Å². The minimum Gasteiger partial charge on any atom is -0.371 e. The van der Waals surface area contributed by atoms with E-state index in [-0.39, 0.29) is 6.29 Å². The molecular weight excluding hydrogens is 264 g/mol. The van der Waals surface area contributed by atoms with Gasteiger partial charge in [0.1, 0.15) is 0 Å². The second kappa shape index (κ2) is 9.03. The van der Waals surface area contributed by atoms with Gasteiger partial charge in [0.25, 0.3) is 0 Å². The highest BCUT2D eigenvalue weighted by molar-refractivity contribution is 5.46. The second-order valence-electron chi connectivity index (χ2n) is 5.35. The van der Waals surface area contributed by atoms with E-state index in [0.29, 0.717) is 19.3 Å². The summed E-state index contributed by atoms with van der Waals surface area (Å²) in [7, 11) is 0. The first-order valence-electron chi connectivity index (χ1n) is 8.10. The SMILES string of the molecule is CCOC(CNC1CCN(c2ccccc2)CC1)OCC. The van der Waals surface area contributed by atoms with E-state index in [1.54, 1.807) is 0 Å². The van der Waals surface area contributed by atoms with Gasteiger partial charge in [-0.2, -0.15) is 0 Å². The fraction of sp³-hybridized carbons (Fsp3) is 0.647. The molecule has 1 aromatic rings. The maximum Gasteiger partial charge on any atom is 0.169 e. The van der Waals surface area contributed by atoms with E-state index in [4.69, 9.17) is 9.47 Å². The number of rotatable bonds is 8. The van der Waals surface area contributed by atoms with Crippen LogP contribution in [-0.2, 0) is 9.47 Å². The molecule has 1 fully saturated rings. The van der Waals surface area contributed by atoms with Crippen LogP contribution in [0.15, 0.2) is 30.3 Å². The molecule has 0 aliphatic carbocycles. The van der Waals surface area contributed by atoms with Gasteiger partial charge in [0, 0.05) is 44.6 Å². The van der Waals surface area contributed by atoms with Crippen LogP contribution in [0.4, 0.5) is 5.69 Å². The number of ether oxygens (including phenoxy) is 2. The first kappa shape index (κ1) is 16.3. The lowest BCUT2D eigenvalue weighted by Gasteiger charge is -2.34. The van der Waals surface area contributed by atoms with Crippen molar-refractivity contribution >= 4 is 5.69 Å². The smallest absolute Gasteiger partial charge is 0.169 e. The molecule has 4 heteroatoms. The third-order valence-electron chi connectivity index (χ3n) is 3.89. The van der Waals surface area contributed by atoms with E-state index in [1.807, 2.05) is 13.8 Å². The van der Waals surface area contributed by atoms with Crippen LogP contribution in [0.2, 0.25) is 0 Å². The lowest BCUT2D eigenvalue weighted by molar-refractivity contribution is -0.133. The van der Waals surface area contributed by atoms with Crippen molar-refractivity contribution in [3.05, 3.63) is 30.3 Å². The summed E-state index contributed by atoms with van der Waals surface area (Å²) in [6.45, 7) is 8.38. The molecule has 0 spiro atoms. The average molecular weight is 292 g/mol. The quantitative estimate of drug-likeness (QED) is 0.747. The number of hydrogen-bond donors (Lipinski definition) is 1. The molecule has 4 nitrogen and oxygen atoms in total. The Balaban J connectivity index is 1.71. The Hall–Kier alpha value is -1.10. The molecule has 0 unspecified atom stereocenters. The zero-order valence-electron chi connectivity index (χ0n) is 13.3. The molecule has 21 heavy (non-hydrogen) atoms. The Labute approximate surface area is 128 Å². The van der Waals surface area contributed by atoms with Crippen LogP contribution in [0.1, 0.15) is 26.7 Å². The second-order valence-corrected chi connectivity index (χ2v) is 5.35. The van der Waals surface area contributed by atoms with Crippen LogP contribution >= 0.6 is 0 Å². The summed E-state index contributed by atoms with van der Waals surface area (Å²) >= 11 is 0. The Morgan fingerprint density at radius 1 is 1.10 bits per heavy atom. The Morgan fingerprint density at radius 3 is 2.29 bits per heavy atom. The number of piperidine rings is 1. The van der Waals surface area contributed by atoms with Crippen LogP contribution in [0.3, 0.4) is 0 Å². The van der Waals surface area contributed by atoms with Crippen molar-refractivity contribution in [2.45, 2.75) is 39.0 Å². The first-order valence-corrected chi connectivity index (χ1v) is 8.10. The fourth-order valence-corrected chi connectivity index (χ4v) is 2.78. The van der Waals surface area contributed by atoms with Crippen molar-refractivity contribution in [3.63, 3.8) is 0 Å². The van der Waals surface area contributed by atoms with Gasteiger partial charge < -0.3 is 19.7 Å². The van der Waals surface area contributed by atoms with Gasteiger partial charge in [-0.1, -0.05) is 18.2 Å². The highest BCUT2D eigenvalue weighted by atomic mass is 16.7. The van der Waals surface area contributed by atoms with Gasteiger partial charge in [0.15, 0.2) is 6.29 Å². The summed E-state index contributed by atoms with van der Waals surface area (Å²) in [6, 6.07) is 11.2. The van der Waals surface area contributed by atoms with Crippen LogP contribution < -0.4 is 10.2 Å². The van der Waals surface area contributed by atoms with Gasteiger partial charge in [0.05, 0.1) is 0 Å². The highest BCUT2D eigenvalue weighted by Crippen LogP contribution is 2.19. The average Bonchev–Trinajstić information content (AvgIpc) is 2.54. The van der Waals surface area contributed by atoms with Gasteiger partial charge >= 0.3 is 0 Å². The first-order chi connectivity index (χ1) is 10.3. The van der Waals surface area contributed by atoms with Crippen molar-refractivity contribution in [2.24, 2.45) is 0 Å². The summed E-state index contributed by atoms with van der Waals surface area (Å²) in [5.41, 5.74) is 1.33. The molecular formula is C17H28N2O2. The third kappa shape index (κ3) is 5.30. The Bertz CT molecular complexity index is 372. The van der Waals surface area contributed by atoms with Gasteiger partial charge in [-0.3, -0.25) is 0 Å². The summed E-state index contributed by atoms with van der Waals surface area (Å²) in [4.78, 5) is 2.46. The molecule has 0 aromatic heterocycles. The standard InChI is InChI=1S/C17H28N2O2/c1-3-20-17(21-4-2)14-18-15-10-12-19(13-11-15)16-8-6-5-7-9-16/h5-9,15,17-18H,3-4,10-14H2,1-2H3. The van der Waals surface area contributed by atoms with Crippen molar-refractivity contribution in [1.82, 2.24) is 5.32 Å². The zero-order valence-corrected chi connectivity index (χ0v) is 13.3. The van der Waals surface area contributed by atoms with Crippen LogP contribution in [0.25, 0.3) is 0 Å². The van der Waals surface area contributed by atoms with E-state index in [9.17, 15) is 0 Å². The monoisotopic (exact) mass is 292 g/mol. The normalized spacial score (nSPS) is 16.6. The minimum atomic E-state index is -0.118. The minimum absolute atomic E-state index is 0.118. The van der Waals surface area contributed by atoms with E-state index < -0.39 is 0 Å². The maximum atomic E-state index is 5.57. The van der Waals surface area contributed by atoms with E-state index in [1.165, 1.54) is 18.5 Å². The molecule has 1 aliphatic heterocycles. The molecule has 118 valence electrons. The van der Waals surface area contributed by atoms with E-state index >= 15 is 0 Å².